The molecule has 0 aliphatic heterocycles. The molecule has 0 saturated heterocycles. The molecule has 0 unspecified atom stereocenters. The normalized spacial score (nSPS) is 14.9. The number of hydrogen-bond donors (Lipinski definition) is 2. The molecule has 0 bridgehead atoms. The van der Waals surface area contributed by atoms with E-state index >= 15 is 0 Å². The number of amides is 1. The van der Waals surface area contributed by atoms with Crippen LogP contribution >= 0.6 is 0 Å². The Hall–Kier alpha value is -2.76. The van der Waals surface area contributed by atoms with Gasteiger partial charge in [-0.15, -0.1) is 0 Å². The minimum atomic E-state index is -0.177. The smallest absolute Gasteiger partial charge is 0.268 e. The van der Waals surface area contributed by atoms with Crippen LogP contribution in [0.1, 0.15) is 71.8 Å². The van der Waals surface area contributed by atoms with E-state index in [2.05, 4.69) is 24.1 Å². The van der Waals surface area contributed by atoms with Gasteiger partial charge < -0.3 is 19.8 Å². The van der Waals surface area contributed by atoms with Crippen LogP contribution < -0.4 is 14.8 Å². The lowest BCUT2D eigenvalue weighted by Crippen LogP contribution is -2.26. The molecule has 1 aromatic carbocycles. The topological polar surface area (TPSA) is 80.4 Å². The Balaban J connectivity index is 1.66. The zero-order chi connectivity index (χ0) is 21.9. The highest BCUT2D eigenvalue weighted by molar-refractivity contribution is 6.04. The van der Waals surface area contributed by atoms with Crippen molar-refractivity contribution in [2.75, 3.05) is 19.8 Å². The lowest BCUT2D eigenvalue weighted by atomic mass is 9.75. The second kappa shape index (κ2) is 8.94. The molecular weight excluding hydrogens is 380 g/mol. The number of hydrogen-bond acceptors (Lipinski definition) is 4. The van der Waals surface area contributed by atoms with Crippen molar-refractivity contribution >= 4 is 11.7 Å². The molecule has 1 amide bonds. The van der Waals surface area contributed by atoms with Crippen LogP contribution in [0.5, 0.6) is 11.5 Å². The fourth-order valence-corrected chi connectivity index (χ4v) is 4.12. The number of rotatable bonds is 8. The average Bonchev–Trinajstić information content (AvgIpc) is 2.99. The highest BCUT2D eigenvalue weighted by Crippen LogP contribution is 2.36. The highest BCUT2D eigenvalue weighted by Gasteiger charge is 2.35. The first kappa shape index (κ1) is 21.9. The lowest BCUT2D eigenvalue weighted by molar-refractivity contribution is 0.0909. The van der Waals surface area contributed by atoms with Crippen LogP contribution in [-0.2, 0) is 12.8 Å². The molecule has 0 fully saturated rings. The standard InChI is InChI=1S/C24H32N2O4/c1-6-29-19-9-8-16(12-20(19)30-7-2)10-11-25-23(28)22-15(3)21-17(26-22)13-24(4,5)14-18(21)27/h8-9,12,26H,6-7,10-11,13-14H2,1-5H3,(H,25,28). The van der Waals surface area contributed by atoms with E-state index in [0.717, 1.165) is 34.7 Å². The Bertz CT molecular complexity index is 943. The molecule has 0 spiro atoms. The van der Waals surface area contributed by atoms with E-state index in [9.17, 15) is 9.59 Å². The highest BCUT2D eigenvalue weighted by atomic mass is 16.5. The minimum absolute atomic E-state index is 0.0823. The van der Waals surface area contributed by atoms with E-state index in [0.29, 0.717) is 43.9 Å². The van der Waals surface area contributed by atoms with E-state index in [4.69, 9.17) is 9.47 Å². The molecule has 0 atom stereocenters. The second-order valence-corrected chi connectivity index (χ2v) is 8.57. The van der Waals surface area contributed by atoms with Crippen molar-refractivity contribution in [1.82, 2.24) is 10.3 Å². The van der Waals surface area contributed by atoms with Crippen LogP contribution in [0.25, 0.3) is 0 Å². The summed E-state index contributed by atoms with van der Waals surface area (Å²) in [6, 6.07) is 5.85. The van der Waals surface area contributed by atoms with Gasteiger partial charge >= 0.3 is 0 Å². The molecule has 1 heterocycles. The number of fused-ring (bicyclic) bond motifs is 1. The zero-order valence-corrected chi connectivity index (χ0v) is 18.6. The summed E-state index contributed by atoms with van der Waals surface area (Å²) in [7, 11) is 0. The van der Waals surface area contributed by atoms with Gasteiger partial charge in [-0.1, -0.05) is 19.9 Å². The van der Waals surface area contributed by atoms with Gasteiger partial charge in [-0.05, 0) is 62.3 Å². The molecule has 1 aliphatic carbocycles. The van der Waals surface area contributed by atoms with Crippen molar-refractivity contribution in [3.8, 4) is 11.5 Å². The van der Waals surface area contributed by atoms with Crippen LogP contribution in [0, 0.1) is 12.3 Å². The van der Waals surface area contributed by atoms with Crippen molar-refractivity contribution in [3.05, 3.63) is 46.3 Å². The van der Waals surface area contributed by atoms with Gasteiger partial charge in [-0.25, -0.2) is 0 Å². The number of aromatic nitrogens is 1. The maximum atomic E-state index is 12.8. The number of nitrogens with one attached hydrogen (secondary N) is 2. The number of ether oxygens (including phenoxy) is 2. The third-order valence-electron chi connectivity index (χ3n) is 5.44. The maximum absolute atomic E-state index is 12.8. The SMILES string of the molecule is CCOc1ccc(CCNC(=O)c2[nH]c3c(c2C)C(=O)CC(C)(C)C3)cc1OCC. The Morgan fingerprint density at radius 3 is 2.53 bits per heavy atom. The molecular formula is C24H32N2O4. The number of ketones is 1. The Morgan fingerprint density at radius 1 is 1.13 bits per heavy atom. The van der Waals surface area contributed by atoms with E-state index in [1.807, 2.05) is 39.0 Å². The predicted octanol–water partition coefficient (Wildman–Crippen LogP) is 4.25. The second-order valence-electron chi connectivity index (χ2n) is 8.57. The first-order chi connectivity index (χ1) is 14.3. The van der Waals surface area contributed by atoms with Crippen LogP contribution in [0.3, 0.4) is 0 Å². The maximum Gasteiger partial charge on any atom is 0.268 e. The van der Waals surface area contributed by atoms with Crippen LogP contribution in [0.4, 0.5) is 0 Å². The minimum Gasteiger partial charge on any atom is -0.490 e. The summed E-state index contributed by atoms with van der Waals surface area (Å²) in [6.45, 7) is 11.5. The van der Waals surface area contributed by atoms with Crippen molar-refractivity contribution < 1.29 is 19.1 Å². The van der Waals surface area contributed by atoms with Crippen LogP contribution in [-0.4, -0.2) is 36.4 Å². The molecule has 30 heavy (non-hydrogen) atoms. The summed E-state index contributed by atoms with van der Waals surface area (Å²) >= 11 is 0. The number of carbonyl (C=O) groups is 2. The molecule has 1 aromatic heterocycles. The Kier molecular flexibility index (Phi) is 6.54. The van der Waals surface area contributed by atoms with Crippen LogP contribution in [0.15, 0.2) is 18.2 Å². The van der Waals surface area contributed by atoms with Gasteiger partial charge in [-0.3, -0.25) is 9.59 Å². The molecule has 6 heteroatoms. The number of aromatic amines is 1. The van der Waals surface area contributed by atoms with Gasteiger partial charge in [0.2, 0.25) is 0 Å². The summed E-state index contributed by atoms with van der Waals surface area (Å²) < 4.78 is 11.3. The summed E-state index contributed by atoms with van der Waals surface area (Å²) in [6.07, 6.45) is 1.96. The van der Waals surface area contributed by atoms with E-state index in [-0.39, 0.29) is 17.1 Å². The predicted molar refractivity (Wildman–Crippen MR) is 117 cm³/mol. The van der Waals surface area contributed by atoms with Crippen molar-refractivity contribution in [2.24, 2.45) is 5.41 Å². The Labute approximate surface area is 178 Å². The zero-order valence-electron chi connectivity index (χ0n) is 18.6. The molecule has 1 aliphatic rings. The van der Waals surface area contributed by atoms with Crippen LogP contribution in [0.2, 0.25) is 0 Å². The molecule has 162 valence electrons. The van der Waals surface area contributed by atoms with Crippen molar-refractivity contribution in [2.45, 2.75) is 53.9 Å². The fraction of sp³-hybridized carbons (Fsp3) is 0.500. The third-order valence-corrected chi connectivity index (χ3v) is 5.44. The quantitative estimate of drug-likeness (QED) is 0.679. The molecule has 2 aromatic rings. The average molecular weight is 413 g/mol. The number of carbonyl (C=O) groups excluding carboxylic acids is 2. The van der Waals surface area contributed by atoms with Gasteiger partial charge in [0.25, 0.3) is 5.91 Å². The third kappa shape index (κ3) is 4.69. The summed E-state index contributed by atoms with van der Waals surface area (Å²) in [4.78, 5) is 28.5. The van der Waals surface area contributed by atoms with Gasteiger partial charge in [0.05, 0.1) is 13.2 Å². The van der Waals surface area contributed by atoms with Gasteiger partial charge in [0.1, 0.15) is 5.69 Å². The molecule has 0 radical (unpaired) electrons. The monoisotopic (exact) mass is 412 g/mol. The lowest BCUT2D eigenvalue weighted by Gasteiger charge is -2.28. The van der Waals surface area contributed by atoms with E-state index in [1.165, 1.54) is 0 Å². The van der Waals surface area contributed by atoms with E-state index in [1.54, 1.807) is 0 Å². The number of H-pyrrole nitrogens is 1. The fourth-order valence-electron chi connectivity index (χ4n) is 4.12. The number of benzene rings is 1. The van der Waals surface area contributed by atoms with Crippen molar-refractivity contribution in [1.29, 1.82) is 0 Å². The van der Waals surface area contributed by atoms with Gasteiger partial charge in [-0.2, -0.15) is 0 Å². The Morgan fingerprint density at radius 2 is 1.83 bits per heavy atom. The number of Topliss-reactive ketones (excluding diaryl/α,β-unsaturated/α-hetero) is 1. The molecule has 0 saturated carbocycles. The molecule has 6 nitrogen and oxygen atoms in total. The first-order valence-corrected chi connectivity index (χ1v) is 10.7. The molecule has 3 rings (SSSR count). The first-order valence-electron chi connectivity index (χ1n) is 10.7. The van der Waals surface area contributed by atoms with Crippen molar-refractivity contribution in [3.63, 3.8) is 0 Å². The summed E-state index contributed by atoms with van der Waals surface area (Å²) in [5, 5.41) is 2.97. The van der Waals surface area contributed by atoms with E-state index < -0.39 is 0 Å². The largest absolute Gasteiger partial charge is 0.490 e. The molecule has 2 N–H and O–H groups in total. The summed E-state index contributed by atoms with van der Waals surface area (Å²) in [5.41, 5.74) is 3.80. The summed E-state index contributed by atoms with van der Waals surface area (Å²) in [5.74, 6) is 1.39. The van der Waals surface area contributed by atoms with Gasteiger partial charge in [0, 0.05) is 24.2 Å². The van der Waals surface area contributed by atoms with Gasteiger partial charge in [0.15, 0.2) is 17.3 Å².